The van der Waals surface area contributed by atoms with E-state index in [2.05, 4.69) is 15.3 Å². The van der Waals surface area contributed by atoms with Gasteiger partial charge in [-0.25, -0.2) is 9.97 Å². The maximum absolute atomic E-state index is 12.7. The number of aromatic nitrogens is 2. The largest absolute Gasteiger partial charge is 0.446 e. The molecule has 2 atom stereocenters. The summed E-state index contributed by atoms with van der Waals surface area (Å²) in [5.41, 5.74) is 0.903. The van der Waals surface area contributed by atoms with Gasteiger partial charge in [-0.1, -0.05) is 0 Å². The maximum Gasteiger partial charge on any atom is 0.181 e. The standard InChI is InChI=1S/C14H17N3O2S/c1-8-16-6-10(20-8)5-9-3-4-11-14(19-7-17-11)12(15-2)13(9)18/h6-7,9,12,15H,3-5H2,1-2H3. The van der Waals surface area contributed by atoms with Gasteiger partial charge < -0.3 is 9.73 Å². The second-order valence-electron chi connectivity index (χ2n) is 5.07. The number of Topliss-reactive ketones (excluding diaryl/α,β-unsaturated/α-hetero) is 1. The zero-order valence-corrected chi connectivity index (χ0v) is 12.4. The van der Waals surface area contributed by atoms with Crippen LogP contribution in [0.5, 0.6) is 0 Å². The van der Waals surface area contributed by atoms with E-state index in [1.54, 1.807) is 18.4 Å². The number of likely N-dealkylation sites (N-methyl/N-ethyl adjacent to an activating group) is 1. The Morgan fingerprint density at radius 1 is 1.50 bits per heavy atom. The lowest BCUT2D eigenvalue weighted by Crippen LogP contribution is -2.30. The molecule has 1 N–H and O–H groups in total. The summed E-state index contributed by atoms with van der Waals surface area (Å²) in [6, 6.07) is -0.381. The number of nitrogens with one attached hydrogen (secondary N) is 1. The molecule has 20 heavy (non-hydrogen) atoms. The summed E-state index contributed by atoms with van der Waals surface area (Å²) < 4.78 is 5.41. The van der Waals surface area contributed by atoms with Gasteiger partial charge in [-0.15, -0.1) is 11.3 Å². The molecule has 106 valence electrons. The quantitative estimate of drug-likeness (QED) is 0.877. The monoisotopic (exact) mass is 291 g/mol. The van der Waals surface area contributed by atoms with Crippen molar-refractivity contribution in [3.8, 4) is 0 Å². The molecule has 0 saturated carbocycles. The zero-order valence-electron chi connectivity index (χ0n) is 11.5. The summed E-state index contributed by atoms with van der Waals surface area (Å²) in [5.74, 6) is 0.867. The highest BCUT2D eigenvalue weighted by atomic mass is 32.1. The molecule has 6 heteroatoms. The van der Waals surface area contributed by atoms with Crippen molar-refractivity contribution >= 4 is 17.1 Å². The third-order valence-corrected chi connectivity index (χ3v) is 4.69. The van der Waals surface area contributed by atoms with Gasteiger partial charge in [0.1, 0.15) is 6.04 Å². The molecule has 2 aromatic heterocycles. The summed E-state index contributed by atoms with van der Waals surface area (Å²) in [4.78, 5) is 22.3. The Bertz CT molecular complexity index is 619. The first-order valence-electron chi connectivity index (χ1n) is 6.73. The van der Waals surface area contributed by atoms with Crippen LogP contribution >= 0.6 is 11.3 Å². The van der Waals surface area contributed by atoms with E-state index in [0.717, 1.165) is 30.0 Å². The van der Waals surface area contributed by atoms with Crippen LogP contribution in [-0.4, -0.2) is 22.8 Å². The topological polar surface area (TPSA) is 68.0 Å². The van der Waals surface area contributed by atoms with Crippen molar-refractivity contribution in [1.82, 2.24) is 15.3 Å². The van der Waals surface area contributed by atoms with Gasteiger partial charge in [0.05, 0.1) is 10.7 Å². The Hall–Kier alpha value is -1.53. The van der Waals surface area contributed by atoms with E-state index < -0.39 is 0 Å². The van der Waals surface area contributed by atoms with E-state index in [4.69, 9.17) is 4.42 Å². The summed E-state index contributed by atoms with van der Waals surface area (Å²) in [6.45, 7) is 1.98. The molecule has 3 rings (SSSR count). The predicted octanol–water partition coefficient (Wildman–Crippen LogP) is 2.07. The van der Waals surface area contributed by atoms with Gasteiger partial charge in [0, 0.05) is 17.0 Å². The van der Waals surface area contributed by atoms with E-state index in [9.17, 15) is 4.79 Å². The molecule has 5 nitrogen and oxygen atoms in total. The minimum absolute atomic E-state index is 0.00306. The number of carbonyl (C=O) groups excluding carboxylic acids is 1. The number of ketones is 1. The smallest absolute Gasteiger partial charge is 0.181 e. The normalized spacial score (nSPS) is 22.6. The highest BCUT2D eigenvalue weighted by molar-refractivity contribution is 7.11. The van der Waals surface area contributed by atoms with Crippen LogP contribution in [0.4, 0.5) is 0 Å². The van der Waals surface area contributed by atoms with E-state index in [1.165, 1.54) is 11.3 Å². The molecule has 0 fully saturated rings. The van der Waals surface area contributed by atoms with Crippen LogP contribution in [-0.2, 0) is 17.6 Å². The van der Waals surface area contributed by atoms with Gasteiger partial charge in [-0.05, 0) is 33.2 Å². The Balaban J connectivity index is 1.84. The molecular formula is C14H17N3O2S. The fourth-order valence-corrected chi connectivity index (χ4v) is 3.61. The Morgan fingerprint density at radius 2 is 2.35 bits per heavy atom. The molecule has 2 unspecified atom stereocenters. The molecule has 0 amide bonds. The number of rotatable bonds is 3. The van der Waals surface area contributed by atoms with Gasteiger partial charge >= 0.3 is 0 Å². The molecule has 0 aliphatic heterocycles. The number of nitrogens with zero attached hydrogens (tertiary/aromatic N) is 2. The highest BCUT2D eigenvalue weighted by Gasteiger charge is 2.35. The molecule has 0 aromatic carbocycles. The van der Waals surface area contributed by atoms with Gasteiger partial charge in [0.2, 0.25) is 0 Å². The molecular weight excluding hydrogens is 274 g/mol. The third-order valence-electron chi connectivity index (χ3n) is 3.76. The average molecular weight is 291 g/mol. The first kappa shape index (κ1) is 13.5. The summed E-state index contributed by atoms with van der Waals surface area (Å²) in [5, 5.41) is 4.10. The van der Waals surface area contributed by atoms with Gasteiger partial charge in [-0.2, -0.15) is 0 Å². The SMILES string of the molecule is CNC1C(=O)C(Cc2cnc(C)s2)CCc2ncoc21. The lowest BCUT2D eigenvalue weighted by Gasteiger charge is -2.17. The van der Waals surface area contributed by atoms with Crippen molar-refractivity contribution in [2.24, 2.45) is 5.92 Å². The maximum atomic E-state index is 12.7. The minimum Gasteiger partial charge on any atom is -0.446 e. The van der Waals surface area contributed by atoms with Crippen molar-refractivity contribution in [1.29, 1.82) is 0 Å². The van der Waals surface area contributed by atoms with Gasteiger partial charge in [0.25, 0.3) is 0 Å². The third kappa shape index (κ3) is 2.41. The molecule has 1 aliphatic carbocycles. The Labute approximate surface area is 121 Å². The molecule has 0 radical (unpaired) electrons. The summed E-state index contributed by atoms with van der Waals surface area (Å²) >= 11 is 1.66. The van der Waals surface area contributed by atoms with Crippen molar-refractivity contribution in [2.45, 2.75) is 32.2 Å². The van der Waals surface area contributed by atoms with E-state index in [0.29, 0.717) is 5.76 Å². The number of fused-ring (bicyclic) bond motifs is 1. The van der Waals surface area contributed by atoms with Crippen LogP contribution in [0.3, 0.4) is 0 Å². The molecule has 0 spiro atoms. The van der Waals surface area contributed by atoms with Crippen LogP contribution in [0.15, 0.2) is 17.0 Å². The first-order chi connectivity index (χ1) is 9.69. The number of aryl methyl sites for hydroxylation is 2. The van der Waals surface area contributed by atoms with Crippen LogP contribution in [0.25, 0.3) is 0 Å². The molecule has 0 bridgehead atoms. The number of thiazole rings is 1. The molecule has 2 heterocycles. The second-order valence-corrected chi connectivity index (χ2v) is 6.39. The van der Waals surface area contributed by atoms with Crippen molar-refractivity contribution in [3.63, 3.8) is 0 Å². The van der Waals surface area contributed by atoms with E-state index >= 15 is 0 Å². The Kier molecular flexibility index (Phi) is 3.67. The second kappa shape index (κ2) is 5.46. The highest BCUT2D eigenvalue weighted by Crippen LogP contribution is 2.31. The zero-order chi connectivity index (χ0) is 14.1. The summed E-state index contributed by atoms with van der Waals surface area (Å²) in [6.07, 6.45) is 5.66. The molecule has 1 aliphatic rings. The van der Waals surface area contributed by atoms with E-state index in [1.807, 2.05) is 13.1 Å². The number of carbonyl (C=O) groups is 1. The number of hydrogen-bond donors (Lipinski definition) is 1. The fraction of sp³-hybridized carbons (Fsp3) is 0.500. The predicted molar refractivity (Wildman–Crippen MR) is 75.7 cm³/mol. The van der Waals surface area contributed by atoms with Crippen molar-refractivity contribution in [3.05, 3.63) is 33.9 Å². The van der Waals surface area contributed by atoms with Gasteiger partial charge in [0.15, 0.2) is 17.9 Å². The lowest BCUT2D eigenvalue weighted by atomic mass is 9.92. The Morgan fingerprint density at radius 3 is 3.05 bits per heavy atom. The van der Waals surface area contributed by atoms with Gasteiger partial charge in [-0.3, -0.25) is 4.79 Å². The number of oxazole rings is 1. The fourth-order valence-electron chi connectivity index (χ4n) is 2.74. The molecule has 2 aromatic rings. The lowest BCUT2D eigenvalue weighted by molar-refractivity contribution is -0.125. The number of hydrogen-bond acceptors (Lipinski definition) is 6. The van der Waals surface area contributed by atoms with Crippen molar-refractivity contribution in [2.75, 3.05) is 7.05 Å². The van der Waals surface area contributed by atoms with Crippen LogP contribution in [0, 0.1) is 12.8 Å². The minimum atomic E-state index is -0.381. The molecule has 0 saturated heterocycles. The first-order valence-corrected chi connectivity index (χ1v) is 7.55. The van der Waals surface area contributed by atoms with Crippen LogP contribution < -0.4 is 5.32 Å². The summed E-state index contributed by atoms with van der Waals surface area (Å²) in [7, 11) is 1.79. The van der Waals surface area contributed by atoms with Crippen molar-refractivity contribution < 1.29 is 9.21 Å². The average Bonchev–Trinajstić information content (AvgIpc) is 3.02. The van der Waals surface area contributed by atoms with Crippen LogP contribution in [0.2, 0.25) is 0 Å². The van der Waals surface area contributed by atoms with E-state index in [-0.39, 0.29) is 17.7 Å². The van der Waals surface area contributed by atoms with Crippen LogP contribution in [0.1, 0.15) is 33.8 Å².